The van der Waals surface area contributed by atoms with Crippen LogP contribution in [0.5, 0.6) is 5.75 Å². The van der Waals surface area contributed by atoms with E-state index in [1.807, 2.05) is 6.07 Å². The predicted molar refractivity (Wildman–Crippen MR) is 110 cm³/mol. The molecule has 9 heteroatoms. The summed E-state index contributed by atoms with van der Waals surface area (Å²) < 4.78 is 33.4. The number of halogens is 2. The highest BCUT2D eigenvalue weighted by Crippen LogP contribution is 2.34. The Morgan fingerprint density at radius 2 is 1.93 bits per heavy atom. The van der Waals surface area contributed by atoms with Crippen molar-refractivity contribution in [2.75, 3.05) is 16.8 Å². The lowest BCUT2D eigenvalue weighted by Crippen LogP contribution is -2.45. The summed E-state index contributed by atoms with van der Waals surface area (Å²) in [5.41, 5.74) is 0.482. The van der Waals surface area contributed by atoms with Crippen molar-refractivity contribution in [3.05, 3.63) is 59.5 Å². The average Bonchev–Trinajstić information content (AvgIpc) is 3.16. The number of aromatic nitrogens is 1. The molecule has 0 saturated heterocycles. The highest BCUT2D eigenvalue weighted by atomic mass is 32.1. The summed E-state index contributed by atoms with van der Waals surface area (Å²) in [5, 5.41) is 4.31. The zero-order chi connectivity index (χ0) is 21.3. The maximum atomic E-state index is 13.9. The highest BCUT2D eigenvalue weighted by Gasteiger charge is 2.31. The predicted octanol–water partition coefficient (Wildman–Crippen LogP) is 4.23. The molecule has 2 aromatic carbocycles. The number of nitrogens with one attached hydrogen (secondary N) is 1. The Kier molecular flexibility index (Phi) is 5.45. The van der Waals surface area contributed by atoms with Crippen molar-refractivity contribution in [2.45, 2.75) is 19.4 Å². The molecule has 1 aliphatic rings. The minimum Gasteiger partial charge on any atom is -0.479 e. The van der Waals surface area contributed by atoms with E-state index < -0.39 is 17.7 Å². The lowest BCUT2D eigenvalue weighted by molar-refractivity contribution is -0.125. The molecule has 0 fully saturated rings. The number of carbonyl (C=O) groups is 2. The fourth-order valence-electron chi connectivity index (χ4n) is 3.17. The molecule has 0 bridgehead atoms. The van der Waals surface area contributed by atoms with E-state index in [0.717, 1.165) is 23.5 Å². The molecule has 1 unspecified atom stereocenters. The van der Waals surface area contributed by atoms with E-state index in [1.165, 1.54) is 16.3 Å². The van der Waals surface area contributed by atoms with Gasteiger partial charge in [0, 0.05) is 18.3 Å². The van der Waals surface area contributed by atoms with E-state index in [9.17, 15) is 18.4 Å². The fraction of sp³-hybridized carbons (Fsp3) is 0.190. The van der Waals surface area contributed by atoms with E-state index in [-0.39, 0.29) is 41.2 Å². The van der Waals surface area contributed by atoms with Gasteiger partial charge in [0.25, 0.3) is 5.91 Å². The number of fused-ring (bicyclic) bond motifs is 1. The van der Waals surface area contributed by atoms with Crippen molar-refractivity contribution < 1.29 is 23.1 Å². The molecule has 6 nitrogen and oxygen atoms in total. The smallest absolute Gasteiger partial charge is 0.267 e. The number of hydrogen-bond donors (Lipinski definition) is 1. The lowest BCUT2D eigenvalue weighted by atomic mass is 10.1. The first-order valence-electron chi connectivity index (χ1n) is 9.21. The summed E-state index contributed by atoms with van der Waals surface area (Å²) in [4.78, 5) is 30.5. The van der Waals surface area contributed by atoms with Gasteiger partial charge < -0.3 is 15.0 Å². The van der Waals surface area contributed by atoms with Crippen molar-refractivity contribution in [1.29, 1.82) is 0 Å². The Labute approximate surface area is 175 Å². The van der Waals surface area contributed by atoms with Crippen LogP contribution in [0.3, 0.4) is 0 Å². The minimum absolute atomic E-state index is 0.0236. The molecular weight excluding hydrogens is 412 g/mol. The van der Waals surface area contributed by atoms with Crippen LogP contribution < -0.4 is 15.0 Å². The van der Waals surface area contributed by atoms with Crippen LogP contribution in [-0.4, -0.2) is 29.4 Å². The van der Waals surface area contributed by atoms with Crippen molar-refractivity contribution in [3.63, 3.8) is 0 Å². The molecule has 2 amide bonds. The maximum Gasteiger partial charge on any atom is 0.267 e. The van der Waals surface area contributed by atoms with E-state index in [1.54, 1.807) is 25.1 Å². The topological polar surface area (TPSA) is 71.5 Å². The third-order valence-corrected chi connectivity index (χ3v) is 5.36. The standard InChI is InChI=1S/C21H17F2N3O3S/c1-12-20(28)26(16-7-2-3-8-17(16)29-12)10-9-18(27)25-21-24-15(11-30-21)19-13(22)5-4-6-14(19)23/h2-8,11-12H,9-10H2,1H3,(H,24,25,27). The minimum atomic E-state index is -0.725. The van der Waals surface area contributed by atoms with Gasteiger partial charge in [0.15, 0.2) is 11.2 Å². The number of anilines is 2. The largest absolute Gasteiger partial charge is 0.479 e. The number of thiazole rings is 1. The Balaban J connectivity index is 1.43. The van der Waals surface area contributed by atoms with Crippen LogP contribution in [0, 0.1) is 11.6 Å². The number of benzene rings is 2. The Morgan fingerprint density at radius 1 is 1.20 bits per heavy atom. The van der Waals surface area contributed by atoms with Gasteiger partial charge in [0.2, 0.25) is 5.91 Å². The van der Waals surface area contributed by atoms with Gasteiger partial charge in [-0.15, -0.1) is 11.3 Å². The quantitative estimate of drug-likeness (QED) is 0.659. The molecule has 0 aliphatic carbocycles. The van der Waals surface area contributed by atoms with Gasteiger partial charge in [0.1, 0.15) is 17.4 Å². The summed E-state index contributed by atoms with van der Waals surface area (Å²) in [6.45, 7) is 1.82. The normalized spacial score (nSPS) is 15.5. The first-order valence-corrected chi connectivity index (χ1v) is 10.1. The van der Waals surface area contributed by atoms with Crippen molar-refractivity contribution >= 4 is 34.0 Å². The van der Waals surface area contributed by atoms with Crippen LogP contribution in [0.25, 0.3) is 11.3 Å². The third kappa shape index (κ3) is 3.88. The van der Waals surface area contributed by atoms with Gasteiger partial charge in [-0.25, -0.2) is 13.8 Å². The lowest BCUT2D eigenvalue weighted by Gasteiger charge is -2.32. The number of hydrogen-bond acceptors (Lipinski definition) is 5. The van der Waals surface area contributed by atoms with E-state index in [4.69, 9.17) is 4.74 Å². The fourth-order valence-corrected chi connectivity index (χ4v) is 3.89. The van der Waals surface area contributed by atoms with Crippen LogP contribution in [0.2, 0.25) is 0 Å². The molecule has 1 N–H and O–H groups in total. The summed E-state index contributed by atoms with van der Waals surface area (Å²) in [6, 6.07) is 10.7. The molecule has 4 rings (SSSR count). The summed E-state index contributed by atoms with van der Waals surface area (Å²) >= 11 is 1.06. The number of ether oxygens (including phenoxy) is 1. The zero-order valence-electron chi connectivity index (χ0n) is 15.9. The molecule has 154 valence electrons. The van der Waals surface area contributed by atoms with Gasteiger partial charge in [-0.2, -0.15) is 0 Å². The van der Waals surface area contributed by atoms with E-state index in [0.29, 0.717) is 11.4 Å². The van der Waals surface area contributed by atoms with Crippen molar-refractivity contribution in [2.24, 2.45) is 0 Å². The van der Waals surface area contributed by atoms with Crippen molar-refractivity contribution in [1.82, 2.24) is 4.98 Å². The molecule has 3 aromatic rings. The third-order valence-electron chi connectivity index (χ3n) is 4.61. The van der Waals surface area contributed by atoms with Crippen LogP contribution >= 0.6 is 11.3 Å². The molecule has 1 aromatic heterocycles. The monoisotopic (exact) mass is 429 g/mol. The second-order valence-electron chi connectivity index (χ2n) is 6.65. The van der Waals surface area contributed by atoms with E-state index >= 15 is 0 Å². The summed E-state index contributed by atoms with van der Waals surface area (Å²) in [6.07, 6.45) is -0.615. The summed E-state index contributed by atoms with van der Waals surface area (Å²) in [7, 11) is 0. The van der Waals surface area contributed by atoms with Crippen LogP contribution in [0.1, 0.15) is 13.3 Å². The van der Waals surface area contributed by atoms with Gasteiger partial charge >= 0.3 is 0 Å². The SMILES string of the molecule is CC1Oc2ccccc2N(CCC(=O)Nc2nc(-c3c(F)cccc3F)cs2)C1=O. The molecule has 0 saturated carbocycles. The maximum absolute atomic E-state index is 13.9. The second kappa shape index (κ2) is 8.19. The van der Waals surface area contributed by atoms with Gasteiger partial charge in [-0.05, 0) is 31.2 Å². The van der Waals surface area contributed by atoms with Crippen LogP contribution in [-0.2, 0) is 9.59 Å². The number of carbonyl (C=O) groups excluding carboxylic acids is 2. The van der Waals surface area contributed by atoms with E-state index in [2.05, 4.69) is 10.3 Å². The molecule has 2 heterocycles. The first-order chi connectivity index (χ1) is 14.4. The second-order valence-corrected chi connectivity index (χ2v) is 7.51. The molecule has 0 radical (unpaired) electrons. The molecule has 1 aliphatic heterocycles. The van der Waals surface area contributed by atoms with Gasteiger partial charge in [-0.1, -0.05) is 18.2 Å². The number of rotatable bonds is 5. The molecular formula is C21H17F2N3O3S. The molecule has 30 heavy (non-hydrogen) atoms. The van der Waals surface area contributed by atoms with Crippen LogP contribution in [0.15, 0.2) is 47.8 Å². The first kappa shape index (κ1) is 20.0. The molecule has 0 spiro atoms. The van der Waals surface area contributed by atoms with Gasteiger partial charge in [-0.3, -0.25) is 9.59 Å². The highest BCUT2D eigenvalue weighted by molar-refractivity contribution is 7.14. The Hall–Kier alpha value is -3.33. The van der Waals surface area contributed by atoms with Gasteiger partial charge in [0.05, 0.1) is 16.9 Å². The molecule has 1 atom stereocenters. The Bertz CT molecular complexity index is 1100. The number of nitrogens with zero attached hydrogens (tertiary/aromatic N) is 2. The average molecular weight is 429 g/mol. The van der Waals surface area contributed by atoms with Crippen LogP contribution in [0.4, 0.5) is 19.6 Å². The number of para-hydroxylation sites is 2. The summed E-state index contributed by atoms with van der Waals surface area (Å²) in [5.74, 6) is -1.46. The van der Waals surface area contributed by atoms with Crippen molar-refractivity contribution in [3.8, 4) is 17.0 Å². The zero-order valence-corrected chi connectivity index (χ0v) is 16.7. The number of amides is 2. The Morgan fingerprint density at radius 3 is 2.70 bits per heavy atom.